The Morgan fingerprint density at radius 1 is 1.21 bits per heavy atom. The van der Waals surface area contributed by atoms with Gasteiger partial charge in [-0.15, -0.1) is 0 Å². The predicted molar refractivity (Wildman–Crippen MR) is 89.3 cm³/mol. The van der Waals surface area contributed by atoms with Crippen LogP contribution >= 0.6 is 0 Å². The number of pyridine rings is 1. The summed E-state index contributed by atoms with van der Waals surface area (Å²) in [6.45, 7) is 4.18. The molecule has 1 aliphatic heterocycles. The van der Waals surface area contributed by atoms with Crippen LogP contribution in [0, 0.1) is 13.8 Å². The van der Waals surface area contributed by atoms with E-state index in [0.29, 0.717) is 18.4 Å². The van der Waals surface area contributed by atoms with Crippen LogP contribution in [0.1, 0.15) is 28.8 Å². The third-order valence-electron chi connectivity index (χ3n) is 4.03. The molecule has 0 saturated heterocycles. The SMILES string of the molecule is Cc1cc(C)c(CNC(=O)CCc2ccc3c(c2)OCO3)c(=O)[nH]1. The first-order valence-electron chi connectivity index (χ1n) is 7.87. The number of benzene rings is 1. The molecule has 0 bridgehead atoms. The Bertz CT molecular complexity index is 826. The monoisotopic (exact) mass is 328 g/mol. The Hall–Kier alpha value is -2.76. The van der Waals surface area contributed by atoms with Crippen LogP contribution in [-0.4, -0.2) is 17.7 Å². The number of amides is 1. The minimum absolute atomic E-state index is 0.0907. The molecule has 0 atom stereocenters. The van der Waals surface area contributed by atoms with E-state index in [0.717, 1.165) is 28.3 Å². The summed E-state index contributed by atoms with van der Waals surface area (Å²) in [5.41, 5.74) is 3.15. The molecule has 0 aliphatic carbocycles. The summed E-state index contributed by atoms with van der Waals surface area (Å²) < 4.78 is 10.6. The number of ether oxygens (including phenoxy) is 2. The first-order chi connectivity index (χ1) is 11.5. The van der Waals surface area contributed by atoms with E-state index in [1.54, 1.807) is 0 Å². The summed E-state index contributed by atoms with van der Waals surface area (Å²) >= 11 is 0. The van der Waals surface area contributed by atoms with E-state index in [9.17, 15) is 9.59 Å². The van der Waals surface area contributed by atoms with Crippen molar-refractivity contribution in [2.45, 2.75) is 33.2 Å². The van der Waals surface area contributed by atoms with Crippen LogP contribution in [-0.2, 0) is 17.8 Å². The number of nitrogens with one attached hydrogen (secondary N) is 2. The van der Waals surface area contributed by atoms with Crippen LogP contribution in [0.15, 0.2) is 29.1 Å². The Morgan fingerprint density at radius 2 is 2.00 bits per heavy atom. The quantitative estimate of drug-likeness (QED) is 0.879. The number of aromatic nitrogens is 1. The summed E-state index contributed by atoms with van der Waals surface area (Å²) in [7, 11) is 0. The molecule has 0 fully saturated rings. The molecule has 2 heterocycles. The summed E-state index contributed by atoms with van der Waals surface area (Å²) in [5.74, 6) is 1.36. The van der Waals surface area contributed by atoms with E-state index >= 15 is 0 Å². The number of hydrogen-bond acceptors (Lipinski definition) is 4. The molecule has 0 spiro atoms. The van der Waals surface area contributed by atoms with Crippen molar-refractivity contribution in [3.8, 4) is 11.5 Å². The summed E-state index contributed by atoms with van der Waals surface area (Å²) in [6.07, 6.45) is 0.953. The fourth-order valence-corrected chi connectivity index (χ4v) is 2.73. The number of aryl methyl sites for hydroxylation is 3. The molecule has 0 unspecified atom stereocenters. The van der Waals surface area contributed by atoms with Gasteiger partial charge in [0, 0.05) is 24.2 Å². The van der Waals surface area contributed by atoms with Crippen molar-refractivity contribution in [3.05, 3.63) is 57.0 Å². The van der Waals surface area contributed by atoms with Crippen LogP contribution in [0.5, 0.6) is 11.5 Å². The Kier molecular flexibility index (Phi) is 4.55. The van der Waals surface area contributed by atoms with E-state index in [2.05, 4.69) is 10.3 Å². The van der Waals surface area contributed by atoms with Crippen molar-refractivity contribution in [1.29, 1.82) is 0 Å². The van der Waals surface area contributed by atoms with Crippen LogP contribution in [0.25, 0.3) is 0 Å². The highest BCUT2D eigenvalue weighted by atomic mass is 16.7. The van der Waals surface area contributed by atoms with Crippen molar-refractivity contribution in [3.63, 3.8) is 0 Å². The lowest BCUT2D eigenvalue weighted by Crippen LogP contribution is -2.28. The first-order valence-corrected chi connectivity index (χ1v) is 7.87. The number of hydrogen-bond donors (Lipinski definition) is 2. The number of fused-ring (bicyclic) bond motifs is 1. The molecular weight excluding hydrogens is 308 g/mol. The van der Waals surface area contributed by atoms with E-state index in [1.165, 1.54) is 0 Å². The van der Waals surface area contributed by atoms with E-state index < -0.39 is 0 Å². The molecule has 2 aromatic rings. The minimum atomic E-state index is -0.149. The van der Waals surface area contributed by atoms with Gasteiger partial charge in [0.2, 0.25) is 12.7 Å². The summed E-state index contributed by atoms with van der Waals surface area (Å²) in [6, 6.07) is 7.57. The van der Waals surface area contributed by atoms with Crippen molar-refractivity contribution in [2.24, 2.45) is 0 Å². The zero-order valence-electron chi connectivity index (χ0n) is 13.8. The molecule has 6 nitrogen and oxygen atoms in total. The third kappa shape index (κ3) is 3.59. The van der Waals surface area contributed by atoms with Gasteiger partial charge in [0.15, 0.2) is 11.5 Å². The summed E-state index contributed by atoms with van der Waals surface area (Å²) in [4.78, 5) is 26.7. The molecule has 1 aromatic heterocycles. The maximum absolute atomic E-state index is 12.0. The third-order valence-corrected chi connectivity index (χ3v) is 4.03. The van der Waals surface area contributed by atoms with Gasteiger partial charge in [-0.05, 0) is 49.6 Å². The second kappa shape index (κ2) is 6.78. The highest BCUT2D eigenvalue weighted by Crippen LogP contribution is 2.32. The molecular formula is C18H20N2O4. The molecule has 1 aliphatic rings. The second-order valence-corrected chi connectivity index (χ2v) is 5.91. The van der Waals surface area contributed by atoms with Crippen LogP contribution < -0.4 is 20.3 Å². The van der Waals surface area contributed by atoms with Crippen molar-refractivity contribution >= 4 is 5.91 Å². The first kappa shape index (κ1) is 16.1. The molecule has 6 heteroatoms. The molecule has 2 N–H and O–H groups in total. The maximum atomic E-state index is 12.0. The van der Waals surface area contributed by atoms with Crippen LogP contribution in [0.2, 0.25) is 0 Å². The molecule has 0 radical (unpaired) electrons. The van der Waals surface area contributed by atoms with Gasteiger partial charge in [-0.2, -0.15) is 0 Å². The number of carbonyl (C=O) groups is 1. The lowest BCUT2D eigenvalue weighted by atomic mass is 10.1. The molecule has 1 amide bonds. The molecule has 126 valence electrons. The highest BCUT2D eigenvalue weighted by molar-refractivity contribution is 5.76. The number of rotatable bonds is 5. The Morgan fingerprint density at radius 3 is 2.79 bits per heavy atom. The second-order valence-electron chi connectivity index (χ2n) is 5.91. The largest absolute Gasteiger partial charge is 0.454 e. The maximum Gasteiger partial charge on any atom is 0.253 e. The van der Waals surface area contributed by atoms with Gasteiger partial charge in [0.25, 0.3) is 5.56 Å². The lowest BCUT2D eigenvalue weighted by molar-refractivity contribution is -0.121. The smallest absolute Gasteiger partial charge is 0.253 e. The van der Waals surface area contributed by atoms with Crippen molar-refractivity contribution < 1.29 is 14.3 Å². The van der Waals surface area contributed by atoms with E-state index in [1.807, 2.05) is 38.1 Å². The molecule has 1 aromatic carbocycles. The Balaban J connectivity index is 1.54. The summed E-state index contributed by atoms with van der Waals surface area (Å²) in [5, 5.41) is 2.81. The Labute approximate surface area is 139 Å². The van der Waals surface area contributed by atoms with Crippen LogP contribution in [0.4, 0.5) is 0 Å². The average molecular weight is 328 g/mol. The standard InChI is InChI=1S/C18H20N2O4/c1-11-7-12(2)20-18(22)14(11)9-19-17(21)6-4-13-3-5-15-16(8-13)24-10-23-15/h3,5,7-8H,4,6,9-10H2,1-2H3,(H,19,21)(H,20,22). The zero-order valence-corrected chi connectivity index (χ0v) is 13.8. The molecule has 3 rings (SSSR count). The topological polar surface area (TPSA) is 80.4 Å². The highest BCUT2D eigenvalue weighted by Gasteiger charge is 2.14. The zero-order chi connectivity index (χ0) is 17.1. The van der Waals surface area contributed by atoms with Gasteiger partial charge in [-0.1, -0.05) is 6.07 Å². The normalized spacial score (nSPS) is 12.2. The number of carbonyl (C=O) groups excluding carboxylic acids is 1. The van der Waals surface area contributed by atoms with Gasteiger partial charge < -0.3 is 19.8 Å². The van der Waals surface area contributed by atoms with Crippen LogP contribution in [0.3, 0.4) is 0 Å². The molecule has 0 saturated carbocycles. The fourth-order valence-electron chi connectivity index (χ4n) is 2.73. The number of H-pyrrole nitrogens is 1. The van der Waals surface area contributed by atoms with Gasteiger partial charge in [0.1, 0.15) is 0 Å². The van der Waals surface area contributed by atoms with Gasteiger partial charge in [-0.3, -0.25) is 9.59 Å². The fraction of sp³-hybridized carbons (Fsp3) is 0.333. The lowest BCUT2D eigenvalue weighted by Gasteiger charge is -2.08. The van der Waals surface area contributed by atoms with E-state index in [4.69, 9.17) is 9.47 Å². The predicted octanol–water partition coefficient (Wildman–Crippen LogP) is 1.97. The minimum Gasteiger partial charge on any atom is -0.454 e. The average Bonchev–Trinajstić information content (AvgIpc) is 2.99. The molecule has 24 heavy (non-hydrogen) atoms. The van der Waals surface area contributed by atoms with Gasteiger partial charge >= 0.3 is 0 Å². The van der Waals surface area contributed by atoms with Gasteiger partial charge in [0.05, 0.1) is 0 Å². The van der Waals surface area contributed by atoms with E-state index in [-0.39, 0.29) is 24.8 Å². The van der Waals surface area contributed by atoms with Crippen molar-refractivity contribution in [1.82, 2.24) is 10.3 Å². The number of aromatic amines is 1. The van der Waals surface area contributed by atoms with Crippen molar-refractivity contribution in [2.75, 3.05) is 6.79 Å². The van der Waals surface area contributed by atoms with Gasteiger partial charge in [-0.25, -0.2) is 0 Å².